The van der Waals surface area contributed by atoms with Crippen molar-refractivity contribution in [1.82, 2.24) is 9.97 Å². The van der Waals surface area contributed by atoms with E-state index in [0.717, 1.165) is 49.2 Å². The van der Waals surface area contributed by atoms with E-state index in [1.54, 1.807) is 13.4 Å². The third-order valence-electron chi connectivity index (χ3n) is 4.20. The summed E-state index contributed by atoms with van der Waals surface area (Å²) >= 11 is 0. The van der Waals surface area contributed by atoms with E-state index in [2.05, 4.69) is 41.0 Å². The lowest BCUT2D eigenvalue weighted by molar-refractivity contribution is 0.202. The van der Waals surface area contributed by atoms with Crippen molar-refractivity contribution in [3.8, 4) is 0 Å². The molecule has 0 aliphatic heterocycles. The molecule has 118 valence electrons. The first-order valence-corrected chi connectivity index (χ1v) is 8.00. The van der Waals surface area contributed by atoms with E-state index in [-0.39, 0.29) is 0 Å². The van der Waals surface area contributed by atoms with Gasteiger partial charge in [-0.3, -0.25) is 0 Å². The monoisotopic (exact) mass is 292 g/mol. The molecule has 0 spiro atoms. The first-order valence-electron chi connectivity index (χ1n) is 8.00. The van der Waals surface area contributed by atoms with E-state index >= 15 is 0 Å². The molecule has 1 aromatic heterocycles. The normalized spacial score (nSPS) is 15.8. The van der Waals surface area contributed by atoms with Crippen LogP contribution in [0.4, 0.5) is 11.6 Å². The molecule has 0 aromatic carbocycles. The number of aromatic nitrogens is 2. The van der Waals surface area contributed by atoms with E-state index in [0.29, 0.717) is 6.04 Å². The van der Waals surface area contributed by atoms with Gasteiger partial charge in [0.05, 0.1) is 6.61 Å². The molecular weight excluding hydrogens is 264 g/mol. The van der Waals surface area contributed by atoms with Crippen LogP contribution in [0.3, 0.4) is 0 Å². The summed E-state index contributed by atoms with van der Waals surface area (Å²) in [6.45, 7) is 9.09. The van der Waals surface area contributed by atoms with Crippen LogP contribution in [0, 0.1) is 12.8 Å². The minimum Gasteiger partial charge on any atom is -0.383 e. The predicted molar refractivity (Wildman–Crippen MR) is 87.0 cm³/mol. The van der Waals surface area contributed by atoms with Crippen LogP contribution in [0.15, 0.2) is 6.33 Å². The van der Waals surface area contributed by atoms with Crippen molar-refractivity contribution < 1.29 is 4.74 Å². The Hall–Kier alpha value is -1.36. The molecule has 1 aromatic rings. The minimum absolute atomic E-state index is 0.507. The Bertz CT molecular complexity index is 448. The molecule has 21 heavy (non-hydrogen) atoms. The first-order chi connectivity index (χ1) is 10.2. The fourth-order valence-corrected chi connectivity index (χ4v) is 2.68. The number of ether oxygens (including phenoxy) is 1. The van der Waals surface area contributed by atoms with E-state index in [4.69, 9.17) is 4.74 Å². The minimum atomic E-state index is 0.507. The van der Waals surface area contributed by atoms with Crippen molar-refractivity contribution in [3.63, 3.8) is 0 Å². The van der Waals surface area contributed by atoms with Crippen molar-refractivity contribution in [2.24, 2.45) is 5.92 Å². The van der Waals surface area contributed by atoms with Crippen molar-refractivity contribution in [1.29, 1.82) is 0 Å². The summed E-state index contributed by atoms with van der Waals surface area (Å²) < 4.78 is 5.28. The van der Waals surface area contributed by atoms with Gasteiger partial charge in [0.25, 0.3) is 0 Å². The highest BCUT2D eigenvalue weighted by atomic mass is 16.5. The zero-order chi connectivity index (χ0) is 15.2. The SMILES string of the molecule is CCCNc1ncnc(N(CCOC)C(C)C2CC2)c1C. The maximum absolute atomic E-state index is 5.28. The molecule has 0 radical (unpaired) electrons. The Morgan fingerprint density at radius 1 is 1.43 bits per heavy atom. The van der Waals surface area contributed by atoms with Gasteiger partial charge in [-0.2, -0.15) is 0 Å². The second-order valence-corrected chi connectivity index (χ2v) is 5.86. The molecule has 0 saturated heterocycles. The fourth-order valence-electron chi connectivity index (χ4n) is 2.68. The Balaban J connectivity index is 2.21. The summed E-state index contributed by atoms with van der Waals surface area (Å²) in [6, 6.07) is 0.507. The largest absolute Gasteiger partial charge is 0.383 e. The molecule has 1 saturated carbocycles. The number of rotatable bonds is 9. The van der Waals surface area contributed by atoms with Crippen molar-refractivity contribution >= 4 is 11.6 Å². The fraction of sp³-hybridized carbons (Fsp3) is 0.750. The van der Waals surface area contributed by atoms with Crippen LogP contribution in [-0.2, 0) is 4.74 Å². The third-order valence-corrected chi connectivity index (χ3v) is 4.20. The van der Waals surface area contributed by atoms with Gasteiger partial charge in [-0.15, -0.1) is 0 Å². The molecule has 1 N–H and O–H groups in total. The summed E-state index contributed by atoms with van der Waals surface area (Å²) in [5, 5.41) is 3.39. The molecule has 1 fully saturated rings. The number of nitrogens with one attached hydrogen (secondary N) is 1. The standard InChI is InChI=1S/C16H28N4O/c1-5-8-17-15-12(2)16(19-11-18-15)20(9-10-21-4)13(3)14-6-7-14/h11,13-14H,5-10H2,1-4H3,(H,17,18,19). The highest BCUT2D eigenvalue weighted by molar-refractivity contribution is 5.58. The van der Waals surface area contributed by atoms with Gasteiger partial charge in [0.1, 0.15) is 18.0 Å². The highest BCUT2D eigenvalue weighted by Gasteiger charge is 2.33. The predicted octanol–water partition coefficient (Wildman–Crippen LogP) is 2.86. The van der Waals surface area contributed by atoms with Crippen LogP contribution in [0.2, 0.25) is 0 Å². The van der Waals surface area contributed by atoms with Crippen LogP contribution in [-0.4, -0.2) is 42.8 Å². The molecular formula is C16H28N4O. The van der Waals surface area contributed by atoms with Gasteiger partial charge in [-0.05, 0) is 39.0 Å². The molecule has 1 aliphatic carbocycles. The molecule has 0 bridgehead atoms. The molecule has 2 rings (SSSR count). The Labute approximate surface area is 128 Å². The second kappa shape index (κ2) is 7.59. The van der Waals surface area contributed by atoms with Crippen LogP contribution < -0.4 is 10.2 Å². The molecule has 5 nitrogen and oxygen atoms in total. The number of hydrogen-bond acceptors (Lipinski definition) is 5. The smallest absolute Gasteiger partial charge is 0.137 e. The number of methoxy groups -OCH3 is 1. The van der Waals surface area contributed by atoms with Crippen LogP contribution >= 0.6 is 0 Å². The summed E-state index contributed by atoms with van der Waals surface area (Å²) in [6.07, 6.45) is 5.41. The molecule has 1 aliphatic rings. The lowest BCUT2D eigenvalue weighted by Crippen LogP contribution is -2.38. The quantitative estimate of drug-likeness (QED) is 0.758. The van der Waals surface area contributed by atoms with E-state index < -0.39 is 0 Å². The van der Waals surface area contributed by atoms with Gasteiger partial charge in [0.15, 0.2) is 0 Å². The zero-order valence-corrected chi connectivity index (χ0v) is 13.7. The molecule has 5 heteroatoms. The van der Waals surface area contributed by atoms with Gasteiger partial charge in [-0.25, -0.2) is 9.97 Å². The van der Waals surface area contributed by atoms with Crippen LogP contribution in [0.25, 0.3) is 0 Å². The Morgan fingerprint density at radius 2 is 2.19 bits per heavy atom. The summed E-state index contributed by atoms with van der Waals surface area (Å²) in [5.74, 6) is 2.79. The average molecular weight is 292 g/mol. The Kier molecular flexibility index (Phi) is 5.79. The van der Waals surface area contributed by atoms with Gasteiger partial charge in [0.2, 0.25) is 0 Å². The third kappa shape index (κ3) is 4.06. The van der Waals surface area contributed by atoms with Gasteiger partial charge in [0, 0.05) is 31.8 Å². The topological polar surface area (TPSA) is 50.3 Å². The maximum Gasteiger partial charge on any atom is 0.137 e. The van der Waals surface area contributed by atoms with Gasteiger partial charge < -0.3 is 15.0 Å². The average Bonchev–Trinajstić information content (AvgIpc) is 3.32. The van der Waals surface area contributed by atoms with Crippen molar-refractivity contribution in [2.45, 2.75) is 46.1 Å². The van der Waals surface area contributed by atoms with Crippen LogP contribution in [0.1, 0.15) is 38.7 Å². The lowest BCUT2D eigenvalue weighted by atomic mass is 10.1. The lowest BCUT2D eigenvalue weighted by Gasteiger charge is -2.31. The summed E-state index contributed by atoms with van der Waals surface area (Å²) in [7, 11) is 1.75. The number of hydrogen-bond donors (Lipinski definition) is 1. The Morgan fingerprint density at radius 3 is 2.81 bits per heavy atom. The summed E-state index contributed by atoms with van der Waals surface area (Å²) in [5.41, 5.74) is 1.13. The number of anilines is 2. The van der Waals surface area contributed by atoms with E-state index in [9.17, 15) is 0 Å². The maximum atomic E-state index is 5.28. The molecule has 1 heterocycles. The van der Waals surface area contributed by atoms with Gasteiger partial charge >= 0.3 is 0 Å². The summed E-state index contributed by atoms with van der Waals surface area (Å²) in [4.78, 5) is 11.3. The molecule has 1 atom stereocenters. The van der Waals surface area contributed by atoms with Crippen LogP contribution in [0.5, 0.6) is 0 Å². The highest BCUT2D eigenvalue weighted by Crippen LogP contribution is 2.37. The first kappa shape index (κ1) is 16.0. The van der Waals surface area contributed by atoms with Crippen molar-refractivity contribution in [2.75, 3.05) is 37.0 Å². The van der Waals surface area contributed by atoms with Gasteiger partial charge in [-0.1, -0.05) is 6.92 Å². The van der Waals surface area contributed by atoms with E-state index in [1.165, 1.54) is 12.8 Å². The van der Waals surface area contributed by atoms with Crippen molar-refractivity contribution in [3.05, 3.63) is 11.9 Å². The second-order valence-electron chi connectivity index (χ2n) is 5.86. The molecule has 0 amide bonds. The van der Waals surface area contributed by atoms with E-state index in [1.807, 2.05) is 0 Å². The number of nitrogens with zero attached hydrogens (tertiary/aromatic N) is 3. The molecule has 1 unspecified atom stereocenters. The zero-order valence-electron chi connectivity index (χ0n) is 13.7.